The van der Waals surface area contributed by atoms with Crippen LogP contribution in [0.5, 0.6) is 11.6 Å². The molecule has 290 valence electrons. The van der Waals surface area contributed by atoms with Gasteiger partial charge in [0, 0.05) is 50.2 Å². The SMILES string of the molecule is Cc1nc(C(=O)N[C@H]2CC[C@H](NC(=O)c3cc(F)cnc3Oc3cccc(-c4ccc(CCN5CCN(C(=O)OCc6ccccc6)CC5)cc4)c3)CC2)cs1. The van der Waals surface area contributed by atoms with E-state index in [9.17, 15) is 18.8 Å². The maximum atomic E-state index is 14.4. The van der Waals surface area contributed by atoms with Crippen molar-refractivity contribution in [3.05, 3.63) is 130 Å². The number of nitrogens with zero attached hydrogens (tertiary/aromatic N) is 4. The van der Waals surface area contributed by atoms with Crippen molar-refractivity contribution in [3.63, 3.8) is 0 Å². The van der Waals surface area contributed by atoms with Crippen LogP contribution in [0.4, 0.5) is 9.18 Å². The number of carbonyl (C=O) groups is 3. The third-order valence-corrected chi connectivity index (χ3v) is 11.0. The third kappa shape index (κ3) is 10.3. The van der Waals surface area contributed by atoms with Crippen LogP contribution in [-0.2, 0) is 17.8 Å². The van der Waals surface area contributed by atoms with Crippen molar-refractivity contribution in [2.24, 2.45) is 0 Å². The molecule has 0 bridgehead atoms. The smallest absolute Gasteiger partial charge is 0.410 e. The van der Waals surface area contributed by atoms with Gasteiger partial charge < -0.3 is 25.0 Å². The highest BCUT2D eigenvalue weighted by atomic mass is 32.1. The second-order valence-corrected chi connectivity index (χ2v) is 15.3. The van der Waals surface area contributed by atoms with Gasteiger partial charge in [-0.15, -0.1) is 11.3 Å². The average Bonchev–Trinajstić information content (AvgIpc) is 3.67. The van der Waals surface area contributed by atoms with Crippen LogP contribution in [0.1, 0.15) is 62.7 Å². The molecule has 2 aromatic heterocycles. The molecule has 2 aliphatic rings. The Kier molecular flexibility index (Phi) is 12.6. The number of carbonyl (C=O) groups excluding carboxylic acids is 3. The number of benzene rings is 3. The Balaban J connectivity index is 0.881. The average molecular weight is 777 g/mol. The number of hydrogen-bond donors (Lipinski definition) is 2. The van der Waals surface area contributed by atoms with Gasteiger partial charge in [0.05, 0.1) is 11.2 Å². The van der Waals surface area contributed by atoms with Gasteiger partial charge >= 0.3 is 6.09 Å². The van der Waals surface area contributed by atoms with E-state index in [0.29, 0.717) is 50.2 Å². The van der Waals surface area contributed by atoms with Crippen LogP contribution in [0.2, 0.25) is 0 Å². The van der Waals surface area contributed by atoms with Gasteiger partial charge in [0.2, 0.25) is 5.88 Å². The molecule has 5 aromatic rings. The number of ether oxygens (including phenoxy) is 2. The van der Waals surface area contributed by atoms with Crippen LogP contribution in [0.25, 0.3) is 11.1 Å². The molecule has 56 heavy (non-hydrogen) atoms. The predicted octanol–water partition coefficient (Wildman–Crippen LogP) is 7.41. The molecule has 13 heteroatoms. The zero-order chi connectivity index (χ0) is 38.9. The zero-order valence-electron chi connectivity index (χ0n) is 31.3. The highest BCUT2D eigenvalue weighted by molar-refractivity contribution is 7.09. The van der Waals surface area contributed by atoms with E-state index in [1.807, 2.05) is 55.5 Å². The van der Waals surface area contributed by atoms with Crippen molar-refractivity contribution in [1.29, 1.82) is 0 Å². The number of hydrogen-bond acceptors (Lipinski definition) is 9. The molecule has 0 unspecified atom stereocenters. The van der Waals surface area contributed by atoms with Gasteiger partial charge in [-0.1, -0.05) is 66.7 Å². The lowest BCUT2D eigenvalue weighted by Crippen LogP contribution is -2.49. The van der Waals surface area contributed by atoms with Gasteiger partial charge in [0.1, 0.15) is 29.4 Å². The first-order chi connectivity index (χ1) is 27.3. The van der Waals surface area contributed by atoms with Gasteiger partial charge in [0.25, 0.3) is 11.8 Å². The molecule has 2 fully saturated rings. The number of halogens is 1. The molecular weight excluding hydrogens is 732 g/mol. The Labute approximate surface area is 329 Å². The van der Waals surface area contributed by atoms with Crippen LogP contribution >= 0.6 is 11.3 Å². The lowest BCUT2D eigenvalue weighted by molar-refractivity contribution is 0.0719. The molecule has 1 saturated carbocycles. The van der Waals surface area contributed by atoms with E-state index in [0.717, 1.165) is 60.0 Å². The van der Waals surface area contributed by atoms with Gasteiger partial charge in [-0.2, -0.15) is 0 Å². The standard InChI is InChI=1S/C43H45FN6O5S/c1-29-46-39(28-56-29)41(52)48-36-16-14-35(15-17-36)47-40(51)38-25-34(44)26-45-42(38)55-37-9-5-8-33(24-37)32-12-10-30(11-13-32)18-19-49-20-22-50(23-21-49)43(53)54-27-31-6-3-2-4-7-31/h2-13,24-26,28,35-36H,14-23,27H2,1H3,(H,47,51)(H,48,52)/t35-,36-. The van der Waals surface area contributed by atoms with Crippen molar-refractivity contribution in [3.8, 4) is 22.8 Å². The van der Waals surface area contributed by atoms with E-state index in [-0.39, 0.29) is 42.1 Å². The first kappa shape index (κ1) is 38.6. The first-order valence-electron chi connectivity index (χ1n) is 19.0. The minimum atomic E-state index is -0.637. The van der Waals surface area contributed by atoms with Crippen LogP contribution < -0.4 is 15.4 Å². The Hall–Kier alpha value is -5.66. The molecule has 3 aromatic carbocycles. The summed E-state index contributed by atoms with van der Waals surface area (Å²) in [6.07, 6.45) is 4.38. The summed E-state index contributed by atoms with van der Waals surface area (Å²) < 4.78 is 26.0. The number of aryl methyl sites for hydroxylation is 1. The Morgan fingerprint density at radius 2 is 1.54 bits per heavy atom. The quantitative estimate of drug-likeness (QED) is 0.134. The van der Waals surface area contributed by atoms with Gasteiger partial charge in [-0.3, -0.25) is 14.5 Å². The summed E-state index contributed by atoms with van der Waals surface area (Å²) in [5.41, 5.74) is 4.54. The molecule has 0 spiro atoms. The van der Waals surface area contributed by atoms with Gasteiger partial charge in [0.15, 0.2) is 0 Å². The largest absolute Gasteiger partial charge is 0.445 e. The number of rotatable bonds is 12. The summed E-state index contributed by atoms with van der Waals surface area (Å²) in [5.74, 6) is -0.807. The summed E-state index contributed by atoms with van der Waals surface area (Å²) in [5, 5.41) is 8.65. The molecule has 0 radical (unpaired) electrons. The molecular formula is C43H45FN6O5S. The van der Waals surface area contributed by atoms with Gasteiger partial charge in [-0.25, -0.2) is 19.2 Å². The molecule has 3 amide bonds. The lowest BCUT2D eigenvalue weighted by atomic mass is 9.91. The highest BCUT2D eigenvalue weighted by Gasteiger charge is 2.27. The summed E-state index contributed by atoms with van der Waals surface area (Å²) in [6, 6.07) is 26.6. The van der Waals surface area contributed by atoms with E-state index in [1.165, 1.54) is 16.9 Å². The fraction of sp³-hybridized carbons (Fsp3) is 0.326. The van der Waals surface area contributed by atoms with Crippen molar-refractivity contribution >= 4 is 29.2 Å². The number of aromatic nitrogens is 2. The number of nitrogens with one attached hydrogen (secondary N) is 2. The van der Waals surface area contributed by atoms with Crippen LogP contribution in [0.15, 0.2) is 96.5 Å². The molecule has 11 nitrogen and oxygen atoms in total. The Morgan fingerprint density at radius 1 is 0.821 bits per heavy atom. The molecule has 1 aliphatic heterocycles. The molecule has 1 saturated heterocycles. The van der Waals surface area contributed by atoms with Crippen molar-refractivity contribution < 1.29 is 28.2 Å². The first-order valence-corrected chi connectivity index (χ1v) is 19.9. The molecule has 2 N–H and O–H groups in total. The fourth-order valence-electron chi connectivity index (χ4n) is 7.01. The predicted molar refractivity (Wildman–Crippen MR) is 212 cm³/mol. The summed E-state index contributed by atoms with van der Waals surface area (Å²) >= 11 is 1.44. The van der Waals surface area contributed by atoms with E-state index in [1.54, 1.807) is 16.3 Å². The fourth-order valence-corrected chi connectivity index (χ4v) is 7.60. The maximum absolute atomic E-state index is 14.4. The van der Waals surface area contributed by atoms with E-state index >= 15 is 0 Å². The minimum absolute atomic E-state index is 0.00606. The number of pyridine rings is 1. The number of piperazine rings is 1. The lowest BCUT2D eigenvalue weighted by Gasteiger charge is -2.34. The van der Waals surface area contributed by atoms with Gasteiger partial charge in [-0.05, 0) is 79.5 Å². The van der Waals surface area contributed by atoms with Crippen molar-refractivity contribution in [2.45, 2.75) is 57.7 Å². The monoisotopic (exact) mass is 776 g/mol. The molecule has 1 aliphatic carbocycles. The maximum Gasteiger partial charge on any atom is 0.410 e. The third-order valence-electron chi connectivity index (χ3n) is 10.2. The second-order valence-electron chi connectivity index (χ2n) is 14.2. The normalized spacial score (nSPS) is 17.2. The summed E-state index contributed by atoms with van der Waals surface area (Å²) in [6.45, 7) is 5.91. The Morgan fingerprint density at radius 3 is 2.23 bits per heavy atom. The number of amides is 3. The minimum Gasteiger partial charge on any atom is -0.445 e. The second kappa shape index (κ2) is 18.3. The summed E-state index contributed by atoms with van der Waals surface area (Å²) in [7, 11) is 0. The molecule has 3 heterocycles. The van der Waals surface area contributed by atoms with Crippen LogP contribution in [0.3, 0.4) is 0 Å². The van der Waals surface area contributed by atoms with E-state index in [2.05, 4.69) is 49.8 Å². The van der Waals surface area contributed by atoms with Crippen molar-refractivity contribution in [2.75, 3.05) is 32.7 Å². The van der Waals surface area contributed by atoms with E-state index < -0.39 is 11.7 Å². The van der Waals surface area contributed by atoms with Crippen LogP contribution in [-0.4, -0.2) is 82.5 Å². The number of thiazole rings is 1. The van der Waals surface area contributed by atoms with Crippen LogP contribution in [0, 0.1) is 12.7 Å². The highest BCUT2D eigenvalue weighted by Crippen LogP contribution is 2.29. The Bertz CT molecular complexity index is 2110. The van der Waals surface area contributed by atoms with Crippen molar-refractivity contribution in [1.82, 2.24) is 30.4 Å². The zero-order valence-corrected chi connectivity index (χ0v) is 32.1. The topological polar surface area (TPSA) is 126 Å². The summed E-state index contributed by atoms with van der Waals surface area (Å²) in [4.78, 5) is 51.0. The van der Waals surface area contributed by atoms with E-state index in [4.69, 9.17) is 9.47 Å². The molecule has 7 rings (SSSR count). The molecule has 0 atom stereocenters.